The third-order valence-electron chi connectivity index (χ3n) is 3.64. The van der Waals surface area contributed by atoms with Gasteiger partial charge in [0, 0.05) is 24.9 Å². The maximum atomic E-state index is 12.2. The Hall–Kier alpha value is -2.19. The molecule has 7 nitrogen and oxygen atoms in total. The molecule has 24 heavy (non-hydrogen) atoms. The highest BCUT2D eigenvalue weighted by Gasteiger charge is 2.19. The van der Waals surface area contributed by atoms with E-state index in [4.69, 9.17) is 11.6 Å². The molecule has 0 atom stereocenters. The fraction of sp³-hybridized carbons (Fsp3) is 0.267. The predicted molar refractivity (Wildman–Crippen MR) is 90.0 cm³/mol. The smallest absolute Gasteiger partial charge is 0.244 e. The number of H-pyrrole nitrogens is 1. The van der Waals surface area contributed by atoms with Gasteiger partial charge in [-0.1, -0.05) is 23.7 Å². The van der Waals surface area contributed by atoms with Crippen molar-refractivity contribution in [2.24, 2.45) is 0 Å². The second-order valence-corrected chi connectivity index (χ2v) is 8.22. The van der Waals surface area contributed by atoms with Gasteiger partial charge in [-0.2, -0.15) is 9.67 Å². The minimum absolute atomic E-state index is 0.0915. The molecule has 3 aromatic rings. The van der Waals surface area contributed by atoms with E-state index in [-0.39, 0.29) is 18.0 Å². The van der Waals surface area contributed by atoms with Crippen LogP contribution in [0.2, 0.25) is 5.15 Å². The minimum Gasteiger partial charge on any atom is -0.244 e. The lowest BCUT2D eigenvalue weighted by atomic mass is 10.1. The van der Waals surface area contributed by atoms with E-state index in [1.165, 1.54) is 4.57 Å². The fourth-order valence-corrected chi connectivity index (χ4v) is 3.10. The Kier molecular flexibility index (Phi) is 4.42. The molecule has 0 unspecified atom stereocenters. The number of pyridine rings is 2. The summed E-state index contributed by atoms with van der Waals surface area (Å²) in [6.45, 7) is 0.108. The standard InChI is InChI=1S/C15H15ClN4O3S/c1-24(22,23)8-7-19-14-4-2-3-12(20(14)18-15(19)21)9-11-5-6-13(16)17-10-11/h2-6,10H,7-9H2,1H3/p+1. The molecule has 0 fully saturated rings. The molecule has 3 rings (SSSR count). The van der Waals surface area contributed by atoms with Crippen molar-refractivity contribution < 1.29 is 12.9 Å². The van der Waals surface area contributed by atoms with Crippen molar-refractivity contribution in [2.75, 3.05) is 12.0 Å². The van der Waals surface area contributed by atoms with Crippen LogP contribution in [0.3, 0.4) is 0 Å². The Bertz CT molecular complexity index is 1040. The van der Waals surface area contributed by atoms with Crippen molar-refractivity contribution >= 4 is 27.1 Å². The molecular weight excluding hydrogens is 352 g/mol. The summed E-state index contributed by atoms with van der Waals surface area (Å²) in [5, 5.41) is 3.17. The zero-order valence-electron chi connectivity index (χ0n) is 12.9. The molecule has 0 saturated carbocycles. The molecule has 0 radical (unpaired) electrons. The normalized spacial score (nSPS) is 11.9. The summed E-state index contributed by atoms with van der Waals surface area (Å²) in [6, 6.07) is 9.07. The van der Waals surface area contributed by atoms with Crippen molar-refractivity contribution in [1.82, 2.24) is 14.6 Å². The number of halogens is 1. The number of aryl methyl sites for hydroxylation is 1. The summed E-state index contributed by atoms with van der Waals surface area (Å²) in [5.74, 6) is -0.0915. The lowest BCUT2D eigenvalue weighted by Crippen LogP contribution is -2.31. The predicted octanol–water partition coefficient (Wildman–Crippen LogP) is 0.599. The molecule has 126 valence electrons. The molecule has 0 amide bonds. The molecule has 0 aliphatic heterocycles. The van der Waals surface area contributed by atoms with Crippen molar-refractivity contribution in [3.63, 3.8) is 0 Å². The zero-order chi connectivity index (χ0) is 17.3. The van der Waals surface area contributed by atoms with E-state index in [1.807, 2.05) is 18.2 Å². The van der Waals surface area contributed by atoms with E-state index in [0.29, 0.717) is 17.2 Å². The minimum atomic E-state index is -3.15. The molecule has 9 heteroatoms. The van der Waals surface area contributed by atoms with Crippen LogP contribution in [0.1, 0.15) is 11.3 Å². The molecule has 0 aliphatic carbocycles. The van der Waals surface area contributed by atoms with Gasteiger partial charge in [0.1, 0.15) is 17.4 Å². The Morgan fingerprint density at radius 1 is 1.29 bits per heavy atom. The summed E-state index contributed by atoms with van der Waals surface area (Å²) < 4.78 is 25.8. The summed E-state index contributed by atoms with van der Waals surface area (Å²) in [7, 11) is -3.15. The van der Waals surface area contributed by atoms with Gasteiger partial charge in [-0.3, -0.25) is 0 Å². The van der Waals surface area contributed by atoms with Crippen LogP contribution in [-0.4, -0.2) is 35.1 Å². The number of nitrogens with one attached hydrogen (secondary N) is 1. The Morgan fingerprint density at radius 2 is 2.08 bits per heavy atom. The zero-order valence-corrected chi connectivity index (χ0v) is 14.5. The van der Waals surface area contributed by atoms with E-state index >= 15 is 0 Å². The average Bonchev–Trinajstić information content (AvgIpc) is 2.83. The first-order valence-electron chi connectivity index (χ1n) is 7.24. The highest BCUT2D eigenvalue weighted by Crippen LogP contribution is 2.09. The quantitative estimate of drug-likeness (QED) is 0.528. The Morgan fingerprint density at radius 3 is 2.75 bits per heavy atom. The molecule has 3 heterocycles. The molecule has 0 aliphatic rings. The van der Waals surface area contributed by atoms with Crippen molar-refractivity contribution in [3.05, 3.63) is 63.4 Å². The lowest BCUT2D eigenvalue weighted by Gasteiger charge is -2.01. The van der Waals surface area contributed by atoms with Gasteiger partial charge >= 0.3 is 11.3 Å². The number of nitrogens with zero attached hydrogens (tertiary/aromatic N) is 3. The van der Waals surface area contributed by atoms with E-state index in [9.17, 15) is 13.2 Å². The molecule has 3 aromatic heterocycles. The Balaban J connectivity index is 1.99. The average molecular weight is 368 g/mol. The third kappa shape index (κ3) is 3.65. The van der Waals surface area contributed by atoms with Crippen LogP contribution in [0.15, 0.2) is 41.3 Å². The number of hydrogen-bond donors (Lipinski definition) is 1. The first-order valence-corrected chi connectivity index (χ1v) is 9.68. The van der Waals surface area contributed by atoms with E-state index in [1.54, 1.807) is 22.8 Å². The van der Waals surface area contributed by atoms with Crippen molar-refractivity contribution in [2.45, 2.75) is 13.0 Å². The number of fused-ring (bicyclic) bond motifs is 1. The molecule has 0 bridgehead atoms. The summed E-state index contributed by atoms with van der Waals surface area (Å²) in [4.78, 5) is 16.2. The first kappa shape index (κ1) is 16.7. The highest BCUT2D eigenvalue weighted by atomic mass is 35.5. The maximum absolute atomic E-state index is 12.2. The SMILES string of the molecule is CS(=O)(=O)CCn1c(=O)[nH][n+]2c(Cc3ccc(Cl)nc3)cccc12. The van der Waals surface area contributed by atoms with Gasteiger partial charge in [0.25, 0.3) is 0 Å². The lowest BCUT2D eigenvalue weighted by molar-refractivity contribution is -0.587. The van der Waals surface area contributed by atoms with Gasteiger partial charge in [-0.05, 0) is 17.7 Å². The van der Waals surface area contributed by atoms with Gasteiger partial charge in [0.05, 0.1) is 5.75 Å². The number of aromatic amines is 1. The molecule has 1 N–H and O–H groups in total. The van der Waals surface area contributed by atoms with Gasteiger partial charge in [0.15, 0.2) is 9.84 Å². The maximum Gasteiger partial charge on any atom is 0.444 e. The molecule has 0 spiro atoms. The monoisotopic (exact) mass is 367 g/mol. The van der Waals surface area contributed by atoms with Crippen LogP contribution < -0.4 is 10.2 Å². The second-order valence-electron chi connectivity index (χ2n) is 5.58. The number of sulfone groups is 1. The van der Waals surface area contributed by atoms with Gasteiger partial charge < -0.3 is 0 Å². The number of rotatable bonds is 5. The van der Waals surface area contributed by atoms with E-state index in [0.717, 1.165) is 17.5 Å². The van der Waals surface area contributed by atoms with Gasteiger partial charge in [-0.25, -0.2) is 18.2 Å². The van der Waals surface area contributed by atoms with Gasteiger partial charge in [0.2, 0.25) is 0 Å². The van der Waals surface area contributed by atoms with Crippen LogP contribution in [-0.2, 0) is 22.8 Å². The molecule has 0 aromatic carbocycles. The van der Waals surface area contributed by atoms with Crippen molar-refractivity contribution in [3.8, 4) is 0 Å². The highest BCUT2D eigenvalue weighted by molar-refractivity contribution is 7.90. The largest absolute Gasteiger partial charge is 0.444 e. The van der Waals surface area contributed by atoms with E-state index in [2.05, 4.69) is 10.1 Å². The Labute approximate surface area is 143 Å². The molecular formula is C15H16ClN4O3S+. The topological polar surface area (TPSA) is 88.9 Å². The van der Waals surface area contributed by atoms with Crippen LogP contribution in [0.25, 0.3) is 5.65 Å². The van der Waals surface area contributed by atoms with Crippen LogP contribution >= 0.6 is 11.6 Å². The number of hydrogen-bond acceptors (Lipinski definition) is 4. The van der Waals surface area contributed by atoms with Gasteiger partial charge in [-0.15, -0.1) is 4.52 Å². The fourth-order valence-electron chi connectivity index (χ4n) is 2.47. The summed E-state index contributed by atoms with van der Waals surface area (Å²) in [6.07, 6.45) is 3.39. The van der Waals surface area contributed by atoms with Crippen LogP contribution in [0.4, 0.5) is 0 Å². The molecule has 0 saturated heterocycles. The summed E-state index contributed by atoms with van der Waals surface area (Å²) >= 11 is 5.79. The third-order valence-corrected chi connectivity index (χ3v) is 4.79. The first-order chi connectivity index (χ1) is 11.3. The van der Waals surface area contributed by atoms with Crippen LogP contribution in [0.5, 0.6) is 0 Å². The second kappa shape index (κ2) is 6.37. The van der Waals surface area contributed by atoms with Crippen molar-refractivity contribution in [1.29, 1.82) is 0 Å². The van der Waals surface area contributed by atoms with E-state index < -0.39 is 9.84 Å². The van der Waals surface area contributed by atoms with Crippen LogP contribution in [0, 0.1) is 0 Å². The summed E-state index contributed by atoms with van der Waals surface area (Å²) in [5.41, 5.74) is 2.07. The number of aromatic nitrogens is 4.